The first-order valence-electron chi connectivity index (χ1n) is 16.9. The maximum atomic E-state index is 12.9. The van der Waals surface area contributed by atoms with Crippen molar-refractivity contribution >= 4 is 40.3 Å². The summed E-state index contributed by atoms with van der Waals surface area (Å²) >= 11 is 0. The average Bonchev–Trinajstić information content (AvgIpc) is 3.21. The summed E-state index contributed by atoms with van der Waals surface area (Å²) in [6, 6.07) is 15.7. The predicted molar refractivity (Wildman–Crippen MR) is 187 cm³/mol. The Labute approximate surface area is 321 Å². The molecule has 0 aliphatic carbocycles. The van der Waals surface area contributed by atoms with E-state index in [2.05, 4.69) is 25.8 Å². The Bertz CT molecular complexity index is 1920. The number of carboxylic acid groups (broad SMARTS) is 1. The van der Waals surface area contributed by atoms with Gasteiger partial charge in [-0.25, -0.2) is 4.79 Å². The molecule has 1 amide bonds. The van der Waals surface area contributed by atoms with Crippen molar-refractivity contribution in [2.75, 3.05) is 20.3 Å². The fourth-order valence-electron chi connectivity index (χ4n) is 5.50. The van der Waals surface area contributed by atoms with Crippen LogP contribution < -0.4 is 14.8 Å². The number of benzene rings is 3. The van der Waals surface area contributed by atoms with Crippen molar-refractivity contribution < 1.29 is 79.0 Å². The largest absolute Gasteiger partial charge is 0.494 e. The van der Waals surface area contributed by atoms with Gasteiger partial charge in [0.1, 0.15) is 66.0 Å². The molecule has 23 nitrogen and oxygen atoms in total. The number of amides is 1. The highest BCUT2D eigenvalue weighted by atomic mass is 16.7. The van der Waals surface area contributed by atoms with Crippen LogP contribution >= 0.6 is 0 Å². The minimum absolute atomic E-state index is 0.0585. The van der Waals surface area contributed by atoms with Gasteiger partial charge < -0.3 is 69.9 Å². The van der Waals surface area contributed by atoms with E-state index in [-0.39, 0.29) is 11.4 Å². The summed E-state index contributed by atoms with van der Waals surface area (Å²) in [7, 11) is 1.41. The van der Waals surface area contributed by atoms with Crippen LogP contribution in [0.25, 0.3) is 0 Å². The van der Waals surface area contributed by atoms with Crippen LogP contribution in [0.5, 0.6) is 11.5 Å². The molecule has 0 aromatic heterocycles. The van der Waals surface area contributed by atoms with Gasteiger partial charge in [-0.1, -0.05) is 0 Å². The summed E-state index contributed by atoms with van der Waals surface area (Å²) in [4.78, 5) is 35.2. The number of ether oxygens (including phenoxy) is 5. The molecule has 11 atom stereocenters. The highest BCUT2D eigenvalue weighted by Gasteiger charge is 2.50. The van der Waals surface area contributed by atoms with Crippen molar-refractivity contribution in [1.29, 1.82) is 0 Å². The zero-order valence-corrected chi connectivity index (χ0v) is 29.6. The molecule has 3 aromatic carbocycles. The number of rotatable bonds is 15. The lowest BCUT2D eigenvalue weighted by Gasteiger charge is -2.45. The van der Waals surface area contributed by atoms with Crippen LogP contribution in [0.2, 0.25) is 0 Å². The number of nitrogens with zero attached hydrogens (tertiary/aromatic N) is 5. The van der Waals surface area contributed by atoms with Crippen LogP contribution in [-0.2, 0) is 23.8 Å². The van der Waals surface area contributed by atoms with Crippen molar-refractivity contribution in [2.45, 2.75) is 67.5 Å². The number of aliphatic hydroxyl groups is 7. The number of carbonyl (C=O) groups excluding carboxylic acids is 1. The second-order valence-electron chi connectivity index (χ2n) is 12.4. The Kier molecular flexibility index (Phi) is 14.2. The molecule has 306 valence electrons. The van der Waals surface area contributed by atoms with Gasteiger partial charge in [0.05, 0.1) is 35.7 Å². The fraction of sp³-hybridized carbons (Fsp3) is 0.412. The molecule has 57 heavy (non-hydrogen) atoms. The van der Waals surface area contributed by atoms with Gasteiger partial charge in [0.15, 0.2) is 12.6 Å². The number of azo groups is 2. The molecule has 2 aliphatic rings. The molecule has 0 spiro atoms. The molecular weight excluding hydrogens is 764 g/mol. The molecule has 2 fully saturated rings. The summed E-state index contributed by atoms with van der Waals surface area (Å²) in [5, 5.41) is 110. The van der Waals surface area contributed by atoms with Gasteiger partial charge in [0.2, 0.25) is 0 Å². The van der Waals surface area contributed by atoms with Gasteiger partial charge in [0.25, 0.3) is 17.7 Å². The Morgan fingerprint density at radius 2 is 1.42 bits per heavy atom. The van der Waals surface area contributed by atoms with E-state index in [0.717, 1.165) is 0 Å². The molecule has 0 radical (unpaired) electrons. The van der Waals surface area contributed by atoms with E-state index in [4.69, 9.17) is 23.7 Å². The van der Waals surface area contributed by atoms with Crippen molar-refractivity contribution in [2.24, 2.45) is 20.5 Å². The number of nitro benzene ring substituents is 1. The monoisotopic (exact) mass is 802 g/mol. The summed E-state index contributed by atoms with van der Waals surface area (Å²) in [5.41, 5.74) is 1.31. The van der Waals surface area contributed by atoms with Crippen molar-refractivity contribution in [1.82, 2.24) is 5.32 Å². The molecule has 2 unspecified atom stereocenters. The molecular formula is C34H38N6O17. The van der Waals surface area contributed by atoms with E-state index in [1.54, 1.807) is 18.2 Å². The molecule has 2 heterocycles. The first-order valence-corrected chi connectivity index (χ1v) is 16.9. The van der Waals surface area contributed by atoms with Crippen LogP contribution in [-0.4, -0.2) is 145 Å². The Morgan fingerprint density at radius 1 is 0.807 bits per heavy atom. The minimum Gasteiger partial charge on any atom is -0.494 e. The normalized spacial score (nSPS) is 28.2. The smallest absolute Gasteiger partial charge is 0.354 e. The van der Waals surface area contributed by atoms with Gasteiger partial charge in [-0.05, 0) is 48.5 Å². The summed E-state index contributed by atoms with van der Waals surface area (Å²) in [5.74, 6) is -2.65. The minimum atomic E-state index is -2.12. The molecule has 9 N–H and O–H groups in total. The third kappa shape index (κ3) is 10.4. The highest BCUT2D eigenvalue weighted by molar-refractivity contribution is 6.00. The predicted octanol–water partition coefficient (Wildman–Crippen LogP) is 0.00650. The molecule has 23 heteroatoms. The Hall–Kier alpha value is -5.60. The van der Waals surface area contributed by atoms with Crippen LogP contribution in [0, 0.1) is 10.1 Å². The number of methoxy groups -OCH3 is 1. The molecule has 5 rings (SSSR count). The zero-order chi connectivity index (χ0) is 41.4. The van der Waals surface area contributed by atoms with Gasteiger partial charge in [-0.2, -0.15) is 15.3 Å². The van der Waals surface area contributed by atoms with Gasteiger partial charge in [-0.3, -0.25) is 14.9 Å². The number of aliphatic hydroxyl groups excluding tert-OH is 7. The van der Waals surface area contributed by atoms with Crippen LogP contribution in [0.15, 0.2) is 87.2 Å². The second-order valence-corrected chi connectivity index (χ2v) is 12.4. The average molecular weight is 803 g/mol. The summed E-state index contributed by atoms with van der Waals surface area (Å²) < 4.78 is 26.7. The number of nitro groups is 1. The SMILES string of the molecule is COc1cc(N=Nc2ccc([N+](=O)[O-])cc2)ccc1N=Nc1ccc(OC(C(=O)O)C(=O)NC[C@H]2O[C@@H](O[C@H]3[C@H](O)[C@@H](O)C(O)O[C@@H]3CO)[C@H](O)[C@@H](O)[C@H]2O)cc1. The number of carbonyl (C=O) groups is 2. The van der Waals surface area contributed by atoms with Gasteiger partial charge in [-0.15, -0.1) is 5.11 Å². The number of aliphatic carboxylic acids is 1. The van der Waals surface area contributed by atoms with Gasteiger partial charge >= 0.3 is 5.97 Å². The summed E-state index contributed by atoms with van der Waals surface area (Å²) in [6.07, 6.45) is -19.8. The zero-order valence-electron chi connectivity index (χ0n) is 29.6. The topological polar surface area (TPSA) is 347 Å². The van der Waals surface area contributed by atoms with Crippen LogP contribution in [0.4, 0.5) is 28.4 Å². The Morgan fingerprint density at radius 3 is 2.04 bits per heavy atom. The van der Waals surface area contributed by atoms with E-state index in [1.165, 1.54) is 55.6 Å². The first kappa shape index (κ1) is 42.5. The van der Waals surface area contributed by atoms with E-state index in [9.17, 15) is 60.6 Å². The lowest BCUT2D eigenvalue weighted by atomic mass is 9.97. The number of non-ortho nitro benzene ring substituents is 1. The quantitative estimate of drug-likeness (QED) is 0.0423. The first-order chi connectivity index (χ1) is 27.2. The number of hydrogen-bond acceptors (Lipinski definition) is 20. The maximum absolute atomic E-state index is 12.9. The molecule has 2 saturated heterocycles. The number of hydrogen-bond donors (Lipinski definition) is 9. The number of carboxylic acids is 1. The molecule has 2 aliphatic heterocycles. The standard InChI is InChI=1S/C34H38N6O17/c1-53-21-12-17(38-36-15-2-7-18(8-3-15)40(51)52)6-11-20(21)39-37-16-4-9-19(10-5-16)54-30(32(48)49)31(47)35-13-22-24(42)25(43)28(46)34(56-22)57-29-23(14-41)55-33(50)27(45)26(29)44/h2-12,22-30,33-34,41-46,50H,13-14H2,1H3,(H,35,47)(H,48,49)/t22-,23-,24+,25+,26-,27-,28-,29-,30?,33?,34+/m1/s1. The molecule has 0 bridgehead atoms. The van der Waals surface area contributed by atoms with Crippen molar-refractivity contribution in [3.05, 3.63) is 76.8 Å². The lowest BCUT2D eigenvalue weighted by molar-refractivity contribution is -0.384. The third-order valence-corrected chi connectivity index (χ3v) is 8.61. The van der Waals surface area contributed by atoms with E-state index < -0.39 is 97.5 Å². The third-order valence-electron chi connectivity index (χ3n) is 8.61. The lowest BCUT2D eigenvalue weighted by Crippen LogP contribution is -2.65. The molecule has 0 saturated carbocycles. The maximum Gasteiger partial charge on any atom is 0.354 e. The van der Waals surface area contributed by atoms with E-state index in [1.807, 2.05) is 0 Å². The fourth-order valence-corrected chi connectivity index (χ4v) is 5.50. The van der Waals surface area contributed by atoms with E-state index in [0.29, 0.717) is 28.5 Å². The summed E-state index contributed by atoms with van der Waals surface area (Å²) in [6.45, 7) is -1.45. The van der Waals surface area contributed by atoms with Gasteiger partial charge in [0, 0.05) is 24.7 Å². The second kappa shape index (κ2) is 19.0. The highest BCUT2D eigenvalue weighted by Crippen LogP contribution is 2.34. The molecule has 3 aromatic rings. The van der Waals surface area contributed by atoms with Crippen LogP contribution in [0.1, 0.15) is 0 Å². The van der Waals surface area contributed by atoms with Crippen molar-refractivity contribution in [3.8, 4) is 11.5 Å². The van der Waals surface area contributed by atoms with Crippen molar-refractivity contribution in [3.63, 3.8) is 0 Å². The Balaban J connectivity index is 1.17. The van der Waals surface area contributed by atoms with E-state index >= 15 is 0 Å². The van der Waals surface area contributed by atoms with Crippen LogP contribution in [0.3, 0.4) is 0 Å². The number of nitrogens with one attached hydrogen (secondary N) is 1.